The van der Waals surface area contributed by atoms with Crippen LogP contribution in [0, 0.1) is 5.41 Å². The molecule has 130 valence electrons. The lowest BCUT2D eigenvalue weighted by atomic mass is 9.80. The molecule has 2 N–H and O–H groups in total. The SMILES string of the molecule is O=C1COc2ccc(S(=O)(=O)N3CC[C@]4(CCCNC4)C3)cc2N1. The van der Waals surface area contributed by atoms with E-state index in [2.05, 4.69) is 10.6 Å². The first-order valence-corrected chi connectivity index (χ1v) is 9.70. The number of piperidine rings is 1. The first-order valence-electron chi connectivity index (χ1n) is 8.26. The summed E-state index contributed by atoms with van der Waals surface area (Å²) in [4.78, 5) is 11.6. The van der Waals surface area contributed by atoms with Crippen LogP contribution in [0.25, 0.3) is 0 Å². The molecule has 0 radical (unpaired) electrons. The number of fused-ring (bicyclic) bond motifs is 1. The number of sulfonamides is 1. The van der Waals surface area contributed by atoms with Crippen LogP contribution < -0.4 is 15.4 Å². The number of rotatable bonds is 2. The Kier molecular flexibility index (Phi) is 3.78. The first-order chi connectivity index (χ1) is 11.5. The van der Waals surface area contributed by atoms with Crippen molar-refractivity contribution in [3.05, 3.63) is 18.2 Å². The van der Waals surface area contributed by atoms with Gasteiger partial charge in [-0.1, -0.05) is 0 Å². The van der Waals surface area contributed by atoms with E-state index in [-0.39, 0.29) is 22.8 Å². The molecule has 7 nitrogen and oxygen atoms in total. The fraction of sp³-hybridized carbons (Fsp3) is 0.562. The van der Waals surface area contributed by atoms with Gasteiger partial charge in [0.25, 0.3) is 5.91 Å². The molecule has 1 spiro atoms. The van der Waals surface area contributed by atoms with Gasteiger partial charge in [-0.15, -0.1) is 0 Å². The van der Waals surface area contributed by atoms with Crippen LogP contribution in [0.15, 0.2) is 23.1 Å². The van der Waals surface area contributed by atoms with Crippen molar-refractivity contribution in [2.45, 2.75) is 24.2 Å². The second-order valence-corrected chi connectivity index (χ2v) is 8.80. The Balaban J connectivity index is 1.59. The molecular formula is C16H21N3O4S. The summed E-state index contributed by atoms with van der Waals surface area (Å²) in [7, 11) is -3.57. The third-order valence-corrected chi connectivity index (χ3v) is 7.03. The minimum atomic E-state index is -3.57. The number of benzene rings is 1. The van der Waals surface area contributed by atoms with Gasteiger partial charge < -0.3 is 15.4 Å². The van der Waals surface area contributed by atoms with E-state index in [0.29, 0.717) is 24.5 Å². The Bertz CT molecular complexity index is 772. The van der Waals surface area contributed by atoms with Crippen LogP contribution in [0.4, 0.5) is 5.69 Å². The first kappa shape index (κ1) is 15.9. The van der Waals surface area contributed by atoms with E-state index in [1.165, 1.54) is 6.07 Å². The van der Waals surface area contributed by atoms with Crippen LogP contribution in [-0.2, 0) is 14.8 Å². The van der Waals surface area contributed by atoms with E-state index in [1.54, 1.807) is 16.4 Å². The van der Waals surface area contributed by atoms with Gasteiger partial charge in [0, 0.05) is 19.6 Å². The molecule has 3 heterocycles. The summed E-state index contributed by atoms with van der Waals surface area (Å²) in [6.07, 6.45) is 3.06. The molecule has 1 atom stereocenters. The van der Waals surface area contributed by atoms with Gasteiger partial charge in [0.2, 0.25) is 10.0 Å². The van der Waals surface area contributed by atoms with E-state index in [1.807, 2.05) is 0 Å². The van der Waals surface area contributed by atoms with E-state index in [0.717, 1.165) is 32.4 Å². The molecule has 8 heteroatoms. The Morgan fingerprint density at radius 2 is 2.12 bits per heavy atom. The third kappa shape index (κ3) is 2.68. The maximum absolute atomic E-state index is 13.0. The van der Waals surface area contributed by atoms with Crippen molar-refractivity contribution in [1.82, 2.24) is 9.62 Å². The van der Waals surface area contributed by atoms with Crippen LogP contribution in [0.1, 0.15) is 19.3 Å². The van der Waals surface area contributed by atoms with Crippen molar-refractivity contribution >= 4 is 21.6 Å². The standard InChI is InChI=1S/C16H21N3O4S/c20-15-9-23-14-3-2-12(8-13(14)18-15)24(21,22)19-7-5-16(11-19)4-1-6-17-10-16/h2-3,8,17H,1,4-7,9-11H2,(H,18,20)/t16-/m0/s1. The van der Waals surface area contributed by atoms with Crippen LogP contribution in [0.2, 0.25) is 0 Å². The van der Waals surface area contributed by atoms with Gasteiger partial charge in [0.05, 0.1) is 10.6 Å². The molecule has 4 rings (SSSR count). The Labute approximate surface area is 141 Å². The summed E-state index contributed by atoms with van der Waals surface area (Å²) >= 11 is 0. The summed E-state index contributed by atoms with van der Waals surface area (Å²) in [6.45, 7) is 2.96. The number of carbonyl (C=O) groups excluding carboxylic acids is 1. The molecule has 0 aliphatic carbocycles. The summed E-state index contributed by atoms with van der Waals surface area (Å²) < 4.78 is 32.8. The molecular weight excluding hydrogens is 330 g/mol. The quantitative estimate of drug-likeness (QED) is 0.822. The monoisotopic (exact) mass is 351 g/mol. The highest BCUT2D eigenvalue weighted by molar-refractivity contribution is 7.89. The van der Waals surface area contributed by atoms with Crippen molar-refractivity contribution in [1.29, 1.82) is 0 Å². The maximum atomic E-state index is 13.0. The Hall–Kier alpha value is -1.64. The highest BCUT2D eigenvalue weighted by Gasteiger charge is 2.43. The average molecular weight is 351 g/mol. The zero-order valence-electron chi connectivity index (χ0n) is 13.4. The number of nitrogens with one attached hydrogen (secondary N) is 2. The highest BCUT2D eigenvalue weighted by atomic mass is 32.2. The maximum Gasteiger partial charge on any atom is 0.262 e. The van der Waals surface area contributed by atoms with E-state index < -0.39 is 10.0 Å². The minimum absolute atomic E-state index is 0.0409. The van der Waals surface area contributed by atoms with E-state index >= 15 is 0 Å². The van der Waals surface area contributed by atoms with Crippen LogP contribution in [-0.4, -0.2) is 51.4 Å². The van der Waals surface area contributed by atoms with Crippen molar-refractivity contribution in [3.8, 4) is 5.75 Å². The molecule has 0 bridgehead atoms. The normalized spacial score (nSPS) is 27.6. The molecule has 3 aliphatic rings. The molecule has 3 aliphatic heterocycles. The lowest BCUT2D eigenvalue weighted by Gasteiger charge is -2.33. The van der Waals surface area contributed by atoms with Gasteiger partial charge in [-0.2, -0.15) is 4.31 Å². The molecule has 0 saturated carbocycles. The van der Waals surface area contributed by atoms with Gasteiger partial charge in [0.1, 0.15) is 5.75 Å². The fourth-order valence-electron chi connectivity index (χ4n) is 3.85. The zero-order valence-corrected chi connectivity index (χ0v) is 14.2. The number of carbonyl (C=O) groups is 1. The number of hydrogen-bond acceptors (Lipinski definition) is 5. The second-order valence-electron chi connectivity index (χ2n) is 6.86. The summed E-state index contributed by atoms with van der Waals surface area (Å²) in [6, 6.07) is 4.65. The Morgan fingerprint density at radius 3 is 2.92 bits per heavy atom. The lowest BCUT2D eigenvalue weighted by molar-refractivity contribution is -0.118. The number of ether oxygens (including phenoxy) is 1. The molecule has 2 fully saturated rings. The number of hydrogen-bond donors (Lipinski definition) is 2. The highest BCUT2D eigenvalue weighted by Crippen LogP contribution is 2.39. The van der Waals surface area contributed by atoms with Gasteiger partial charge in [-0.05, 0) is 49.4 Å². The van der Waals surface area contributed by atoms with Crippen LogP contribution in [0.5, 0.6) is 5.75 Å². The fourth-order valence-corrected chi connectivity index (χ4v) is 5.43. The average Bonchev–Trinajstić information content (AvgIpc) is 2.99. The molecule has 0 unspecified atom stereocenters. The van der Waals surface area contributed by atoms with Crippen molar-refractivity contribution in [2.75, 3.05) is 38.1 Å². The molecule has 1 aromatic rings. The van der Waals surface area contributed by atoms with Crippen molar-refractivity contribution < 1.29 is 17.9 Å². The van der Waals surface area contributed by atoms with E-state index in [4.69, 9.17) is 4.74 Å². The summed E-state index contributed by atoms with van der Waals surface area (Å²) in [5.74, 6) is 0.230. The van der Waals surface area contributed by atoms with Crippen molar-refractivity contribution in [2.24, 2.45) is 5.41 Å². The summed E-state index contributed by atoms with van der Waals surface area (Å²) in [5, 5.41) is 6.05. The molecule has 24 heavy (non-hydrogen) atoms. The minimum Gasteiger partial charge on any atom is -0.482 e. The largest absolute Gasteiger partial charge is 0.482 e. The molecule has 1 aromatic carbocycles. The van der Waals surface area contributed by atoms with E-state index in [9.17, 15) is 13.2 Å². The topological polar surface area (TPSA) is 87.7 Å². The van der Waals surface area contributed by atoms with Gasteiger partial charge in [0.15, 0.2) is 6.61 Å². The van der Waals surface area contributed by atoms with Crippen molar-refractivity contribution in [3.63, 3.8) is 0 Å². The third-order valence-electron chi connectivity index (χ3n) is 5.19. The lowest BCUT2D eigenvalue weighted by Crippen LogP contribution is -2.42. The van der Waals surface area contributed by atoms with Gasteiger partial charge >= 0.3 is 0 Å². The Morgan fingerprint density at radius 1 is 1.25 bits per heavy atom. The zero-order chi connectivity index (χ0) is 16.8. The number of anilines is 1. The molecule has 0 aromatic heterocycles. The smallest absolute Gasteiger partial charge is 0.262 e. The number of amides is 1. The van der Waals surface area contributed by atoms with Crippen LogP contribution >= 0.6 is 0 Å². The number of nitrogens with zero attached hydrogens (tertiary/aromatic N) is 1. The molecule has 1 amide bonds. The predicted octanol–water partition coefficient (Wildman–Crippen LogP) is 0.782. The second kappa shape index (κ2) is 5.72. The predicted molar refractivity (Wildman–Crippen MR) is 88.5 cm³/mol. The van der Waals surface area contributed by atoms with Gasteiger partial charge in [-0.3, -0.25) is 4.79 Å². The van der Waals surface area contributed by atoms with Gasteiger partial charge in [-0.25, -0.2) is 8.42 Å². The molecule has 2 saturated heterocycles. The van der Waals surface area contributed by atoms with Crippen LogP contribution in [0.3, 0.4) is 0 Å². The summed E-state index contributed by atoms with van der Waals surface area (Å²) in [5.41, 5.74) is 0.484.